The van der Waals surface area contributed by atoms with E-state index < -0.39 is 5.54 Å². The van der Waals surface area contributed by atoms with Crippen molar-refractivity contribution in [3.05, 3.63) is 35.9 Å². The van der Waals surface area contributed by atoms with Crippen molar-refractivity contribution in [3.63, 3.8) is 0 Å². The number of nitrogens with two attached hydrogens (primary N) is 1. The van der Waals surface area contributed by atoms with E-state index in [9.17, 15) is 4.79 Å². The number of rotatable bonds is 10. The summed E-state index contributed by atoms with van der Waals surface area (Å²) in [4.78, 5) is 11.9. The lowest BCUT2D eigenvalue weighted by Crippen LogP contribution is -2.60. The molecule has 1 amide bonds. The van der Waals surface area contributed by atoms with Crippen molar-refractivity contribution in [1.82, 2.24) is 5.32 Å². The molecule has 1 aliphatic carbocycles. The Bertz CT molecular complexity index is 445. The molecule has 1 aromatic carbocycles. The molecule has 0 spiro atoms. The smallest absolute Gasteiger partial charge is 0.240 e. The van der Waals surface area contributed by atoms with Crippen LogP contribution in [0.15, 0.2) is 30.3 Å². The van der Waals surface area contributed by atoms with Gasteiger partial charge in [0.2, 0.25) is 5.91 Å². The van der Waals surface area contributed by atoms with Crippen LogP contribution in [0.1, 0.15) is 31.7 Å². The van der Waals surface area contributed by atoms with Crippen LogP contribution in [0, 0.1) is 5.92 Å². The van der Waals surface area contributed by atoms with E-state index in [1.54, 1.807) is 0 Å². The predicted molar refractivity (Wildman–Crippen MR) is 83.9 cm³/mol. The number of carbonyl (C=O) groups is 1. The molecule has 1 fully saturated rings. The average Bonchev–Trinajstić information content (AvgIpc) is 3.31. The molecule has 1 saturated carbocycles. The Labute approximate surface area is 127 Å². The minimum atomic E-state index is -0.665. The Balaban J connectivity index is 1.76. The predicted octanol–water partition coefficient (Wildman–Crippen LogP) is 1.88. The molecule has 0 aromatic heterocycles. The van der Waals surface area contributed by atoms with Crippen molar-refractivity contribution in [2.75, 3.05) is 19.8 Å². The first-order valence-electron chi connectivity index (χ1n) is 7.85. The molecule has 0 saturated heterocycles. The topological polar surface area (TPSA) is 64.3 Å². The maximum atomic E-state index is 11.9. The second kappa shape index (κ2) is 7.57. The lowest BCUT2D eigenvalue weighted by atomic mass is 9.93. The van der Waals surface area contributed by atoms with Crippen LogP contribution in [0.5, 0.6) is 0 Å². The molecular formula is C17H26N2O2. The maximum Gasteiger partial charge on any atom is 0.240 e. The molecule has 116 valence electrons. The van der Waals surface area contributed by atoms with E-state index in [1.807, 2.05) is 25.1 Å². The molecule has 1 unspecified atom stereocenters. The maximum absolute atomic E-state index is 11.9. The van der Waals surface area contributed by atoms with E-state index in [0.717, 1.165) is 32.2 Å². The van der Waals surface area contributed by atoms with Crippen LogP contribution in [0.2, 0.25) is 0 Å². The number of hydrogen-bond donors (Lipinski definition) is 2. The van der Waals surface area contributed by atoms with E-state index in [4.69, 9.17) is 10.5 Å². The minimum Gasteiger partial charge on any atom is -0.379 e. The molecule has 0 bridgehead atoms. The van der Waals surface area contributed by atoms with E-state index in [1.165, 1.54) is 5.56 Å². The van der Waals surface area contributed by atoms with Crippen molar-refractivity contribution < 1.29 is 9.53 Å². The quantitative estimate of drug-likeness (QED) is 0.647. The van der Waals surface area contributed by atoms with Gasteiger partial charge >= 0.3 is 0 Å². The normalized spacial score (nSPS) is 17.4. The number of primary amides is 1. The van der Waals surface area contributed by atoms with Gasteiger partial charge in [0.05, 0.1) is 6.61 Å². The van der Waals surface area contributed by atoms with E-state index in [-0.39, 0.29) is 5.91 Å². The fourth-order valence-electron chi connectivity index (χ4n) is 2.82. The first-order valence-corrected chi connectivity index (χ1v) is 7.85. The van der Waals surface area contributed by atoms with Gasteiger partial charge in [0.25, 0.3) is 0 Å². The number of ether oxygens (including phenoxy) is 1. The third-order valence-electron chi connectivity index (χ3n) is 4.13. The van der Waals surface area contributed by atoms with Crippen molar-refractivity contribution >= 4 is 5.91 Å². The number of carbonyl (C=O) groups excluding carboxylic acids is 1. The van der Waals surface area contributed by atoms with Gasteiger partial charge in [0.1, 0.15) is 5.54 Å². The molecule has 1 aromatic rings. The van der Waals surface area contributed by atoms with Gasteiger partial charge in [-0.25, -0.2) is 0 Å². The number of benzene rings is 1. The first-order chi connectivity index (χ1) is 10.2. The molecule has 21 heavy (non-hydrogen) atoms. The van der Waals surface area contributed by atoms with Crippen LogP contribution in [-0.2, 0) is 16.0 Å². The van der Waals surface area contributed by atoms with Crippen LogP contribution in [0.3, 0.4) is 0 Å². The van der Waals surface area contributed by atoms with Crippen LogP contribution < -0.4 is 11.1 Å². The number of amides is 1. The van der Waals surface area contributed by atoms with Crippen molar-refractivity contribution in [2.45, 2.75) is 38.1 Å². The largest absolute Gasteiger partial charge is 0.379 e. The highest BCUT2D eigenvalue weighted by atomic mass is 16.5. The van der Waals surface area contributed by atoms with Crippen molar-refractivity contribution in [3.8, 4) is 0 Å². The second-order valence-electron chi connectivity index (χ2n) is 5.78. The number of hydrogen-bond acceptors (Lipinski definition) is 3. The van der Waals surface area contributed by atoms with Crippen LogP contribution in [0.25, 0.3) is 0 Å². The van der Waals surface area contributed by atoms with E-state index in [2.05, 4.69) is 17.4 Å². The zero-order valence-corrected chi connectivity index (χ0v) is 12.8. The Kier molecular flexibility index (Phi) is 5.76. The monoisotopic (exact) mass is 290 g/mol. The van der Waals surface area contributed by atoms with Crippen LogP contribution >= 0.6 is 0 Å². The fraction of sp³-hybridized carbons (Fsp3) is 0.588. The molecule has 0 heterocycles. The van der Waals surface area contributed by atoms with Gasteiger partial charge < -0.3 is 15.8 Å². The summed E-state index contributed by atoms with van der Waals surface area (Å²) in [5.74, 6) is 0.0546. The number of aryl methyl sites for hydroxylation is 1. The first kappa shape index (κ1) is 16.0. The van der Waals surface area contributed by atoms with Gasteiger partial charge in [-0.3, -0.25) is 4.79 Å². The summed E-state index contributed by atoms with van der Waals surface area (Å²) in [7, 11) is 0. The lowest BCUT2D eigenvalue weighted by Gasteiger charge is -2.31. The zero-order valence-electron chi connectivity index (χ0n) is 12.8. The Morgan fingerprint density at radius 2 is 2.10 bits per heavy atom. The summed E-state index contributed by atoms with van der Waals surface area (Å²) in [5.41, 5.74) is 6.27. The average molecular weight is 290 g/mol. The molecule has 3 N–H and O–H groups in total. The lowest BCUT2D eigenvalue weighted by molar-refractivity contribution is -0.128. The Morgan fingerprint density at radius 3 is 2.67 bits per heavy atom. The number of nitrogens with one attached hydrogen (secondary N) is 1. The molecular weight excluding hydrogens is 264 g/mol. The molecule has 2 rings (SSSR count). The molecule has 0 aliphatic heterocycles. The third kappa shape index (κ3) is 4.29. The van der Waals surface area contributed by atoms with Crippen LogP contribution in [-0.4, -0.2) is 31.2 Å². The van der Waals surface area contributed by atoms with Gasteiger partial charge in [-0.15, -0.1) is 0 Å². The molecule has 4 heteroatoms. The number of likely N-dealkylation sites (N-methyl/N-ethyl adjacent to an activating group) is 1. The summed E-state index contributed by atoms with van der Waals surface area (Å²) < 4.78 is 5.77. The molecule has 1 aliphatic rings. The van der Waals surface area contributed by atoms with Gasteiger partial charge in [-0.1, -0.05) is 37.3 Å². The van der Waals surface area contributed by atoms with E-state index >= 15 is 0 Å². The third-order valence-corrected chi connectivity index (χ3v) is 4.13. The Morgan fingerprint density at radius 1 is 1.38 bits per heavy atom. The Hall–Kier alpha value is -1.39. The van der Waals surface area contributed by atoms with Crippen LogP contribution in [0.4, 0.5) is 0 Å². The standard InChI is InChI=1S/C17H26N2O2/c1-2-19-17(16(18)20,15-10-11-15)13-21-12-6-9-14-7-4-3-5-8-14/h3-5,7-8,15,19H,2,6,9-13H2,1H3,(H2,18,20). The SMILES string of the molecule is CCNC(COCCCc1ccccc1)(C(N)=O)C1CC1. The highest BCUT2D eigenvalue weighted by molar-refractivity contribution is 5.85. The summed E-state index contributed by atoms with van der Waals surface area (Å²) >= 11 is 0. The highest BCUT2D eigenvalue weighted by Gasteiger charge is 2.49. The molecule has 0 radical (unpaired) electrons. The molecule has 4 nitrogen and oxygen atoms in total. The van der Waals surface area contributed by atoms with Gasteiger partial charge in [-0.2, -0.15) is 0 Å². The van der Waals surface area contributed by atoms with Crippen molar-refractivity contribution in [2.24, 2.45) is 11.7 Å². The minimum absolute atomic E-state index is 0.282. The van der Waals surface area contributed by atoms with Gasteiger partial charge in [0.15, 0.2) is 0 Å². The summed E-state index contributed by atoms with van der Waals surface area (Å²) in [5, 5.41) is 3.27. The molecule has 1 atom stereocenters. The zero-order chi connectivity index (χ0) is 15.1. The van der Waals surface area contributed by atoms with E-state index in [0.29, 0.717) is 19.1 Å². The fourth-order valence-corrected chi connectivity index (χ4v) is 2.82. The van der Waals surface area contributed by atoms with Crippen molar-refractivity contribution in [1.29, 1.82) is 0 Å². The summed E-state index contributed by atoms with van der Waals surface area (Å²) in [6.45, 7) is 3.76. The summed E-state index contributed by atoms with van der Waals surface area (Å²) in [6, 6.07) is 10.4. The van der Waals surface area contributed by atoms with Gasteiger partial charge in [0, 0.05) is 6.61 Å². The van der Waals surface area contributed by atoms with Gasteiger partial charge in [-0.05, 0) is 43.7 Å². The highest BCUT2D eigenvalue weighted by Crippen LogP contribution is 2.39. The second-order valence-corrected chi connectivity index (χ2v) is 5.78. The summed E-state index contributed by atoms with van der Waals surface area (Å²) in [6.07, 6.45) is 4.07.